The molecule has 7 nitrogen and oxygen atoms in total. The first-order valence-electron chi connectivity index (χ1n) is 10.0. The molecule has 1 aliphatic rings. The van der Waals surface area contributed by atoms with E-state index in [1.54, 1.807) is 22.8 Å². The lowest BCUT2D eigenvalue weighted by atomic mass is 10.1. The van der Waals surface area contributed by atoms with E-state index < -0.39 is 0 Å². The number of nitrogens with zero attached hydrogens (tertiary/aromatic N) is 3. The third-order valence-corrected chi connectivity index (χ3v) is 5.69. The Balaban J connectivity index is 1.43. The van der Waals surface area contributed by atoms with Crippen LogP contribution in [0.15, 0.2) is 51.7 Å². The summed E-state index contributed by atoms with van der Waals surface area (Å²) in [6.07, 6.45) is 1.75. The Morgan fingerprint density at radius 1 is 1.23 bits per heavy atom. The van der Waals surface area contributed by atoms with Crippen LogP contribution in [0.1, 0.15) is 18.9 Å². The Hall–Kier alpha value is -2.77. The van der Waals surface area contributed by atoms with E-state index in [9.17, 15) is 9.59 Å². The van der Waals surface area contributed by atoms with Crippen molar-refractivity contribution in [1.29, 1.82) is 0 Å². The predicted octanol–water partition coefficient (Wildman–Crippen LogP) is 3.59. The minimum absolute atomic E-state index is 0.0573. The topological polar surface area (TPSA) is 70.7 Å². The lowest BCUT2D eigenvalue weighted by Gasteiger charge is -2.32. The first-order chi connectivity index (χ1) is 14.4. The van der Waals surface area contributed by atoms with Crippen molar-refractivity contribution < 1.29 is 9.21 Å². The van der Waals surface area contributed by atoms with Crippen LogP contribution in [-0.4, -0.2) is 49.1 Å². The van der Waals surface area contributed by atoms with E-state index in [4.69, 9.17) is 16.0 Å². The number of piperidine rings is 1. The SMILES string of the molecule is CN(C)c1ccc(NC(=O)CN2CCCC(n3c(=O)oc4ccc(Cl)cc43)C2)cc1. The number of hydrogen-bond acceptors (Lipinski definition) is 5. The van der Waals surface area contributed by atoms with Gasteiger partial charge in [-0.25, -0.2) is 4.79 Å². The minimum atomic E-state index is -0.385. The average molecular weight is 429 g/mol. The first kappa shape index (κ1) is 20.5. The predicted molar refractivity (Wildman–Crippen MR) is 120 cm³/mol. The molecule has 158 valence electrons. The third kappa shape index (κ3) is 4.37. The van der Waals surface area contributed by atoms with E-state index in [0.717, 1.165) is 30.8 Å². The van der Waals surface area contributed by atoms with Gasteiger partial charge in [-0.15, -0.1) is 0 Å². The van der Waals surface area contributed by atoms with E-state index in [0.29, 0.717) is 22.7 Å². The highest BCUT2D eigenvalue weighted by molar-refractivity contribution is 6.31. The lowest BCUT2D eigenvalue weighted by molar-refractivity contribution is -0.117. The number of hydrogen-bond donors (Lipinski definition) is 1. The quantitative estimate of drug-likeness (QED) is 0.672. The summed E-state index contributed by atoms with van der Waals surface area (Å²) in [6, 6.07) is 12.8. The summed E-state index contributed by atoms with van der Waals surface area (Å²) in [7, 11) is 3.95. The van der Waals surface area contributed by atoms with Crippen molar-refractivity contribution in [3.05, 3.63) is 58.0 Å². The highest BCUT2D eigenvalue weighted by Crippen LogP contribution is 2.26. The maximum atomic E-state index is 12.5. The fourth-order valence-corrected chi connectivity index (χ4v) is 4.15. The van der Waals surface area contributed by atoms with Gasteiger partial charge in [-0.1, -0.05) is 11.6 Å². The van der Waals surface area contributed by atoms with E-state index in [-0.39, 0.29) is 24.2 Å². The molecule has 4 rings (SSSR count). The van der Waals surface area contributed by atoms with Crippen molar-refractivity contribution >= 4 is 40.0 Å². The van der Waals surface area contributed by atoms with E-state index >= 15 is 0 Å². The molecule has 1 amide bonds. The van der Waals surface area contributed by atoms with Crippen LogP contribution in [-0.2, 0) is 4.79 Å². The van der Waals surface area contributed by atoms with Gasteiger partial charge in [0.15, 0.2) is 5.58 Å². The molecular formula is C22H25ClN4O3. The van der Waals surface area contributed by atoms with E-state index in [1.807, 2.05) is 43.3 Å². The minimum Gasteiger partial charge on any atom is -0.408 e. The zero-order valence-electron chi connectivity index (χ0n) is 17.1. The van der Waals surface area contributed by atoms with E-state index in [2.05, 4.69) is 10.2 Å². The average Bonchev–Trinajstić information content (AvgIpc) is 3.03. The second-order valence-electron chi connectivity index (χ2n) is 7.87. The fraction of sp³-hybridized carbons (Fsp3) is 0.364. The zero-order valence-corrected chi connectivity index (χ0v) is 17.9. The first-order valence-corrected chi connectivity index (χ1v) is 10.4. The molecule has 30 heavy (non-hydrogen) atoms. The summed E-state index contributed by atoms with van der Waals surface area (Å²) in [4.78, 5) is 29.1. The maximum absolute atomic E-state index is 12.5. The number of likely N-dealkylation sites (tertiary alicyclic amines) is 1. The van der Waals surface area contributed by atoms with Crippen LogP contribution >= 0.6 is 11.6 Å². The number of oxazole rings is 1. The number of carbonyl (C=O) groups is 1. The summed E-state index contributed by atoms with van der Waals surface area (Å²) in [5, 5.41) is 3.51. The molecule has 0 radical (unpaired) electrons. The molecule has 1 N–H and O–H groups in total. The number of nitrogens with one attached hydrogen (secondary N) is 1. The van der Waals surface area contributed by atoms with Crippen LogP contribution < -0.4 is 16.0 Å². The molecule has 8 heteroatoms. The highest BCUT2D eigenvalue weighted by Gasteiger charge is 2.26. The lowest BCUT2D eigenvalue weighted by Crippen LogP contribution is -2.42. The summed E-state index contributed by atoms with van der Waals surface area (Å²) in [6.45, 7) is 1.69. The number of aromatic nitrogens is 1. The zero-order chi connectivity index (χ0) is 21.3. The summed E-state index contributed by atoms with van der Waals surface area (Å²) < 4.78 is 7.05. The second-order valence-corrected chi connectivity index (χ2v) is 8.31. The van der Waals surface area contributed by atoms with Crippen LogP contribution in [0.5, 0.6) is 0 Å². The van der Waals surface area contributed by atoms with Gasteiger partial charge in [0.2, 0.25) is 5.91 Å². The van der Waals surface area contributed by atoms with Gasteiger partial charge < -0.3 is 14.6 Å². The van der Waals surface area contributed by atoms with Crippen LogP contribution in [0.3, 0.4) is 0 Å². The molecule has 1 unspecified atom stereocenters. The number of amides is 1. The van der Waals surface area contributed by atoms with Crippen LogP contribution in [0.25, 0.3) is 11.1 Å². The monoisotopic (exact) mass is 428 g/mol. The summed E-state index contributed by atoms with van der Waals surface area (Å²) >= 11 is 6.12. The van der Waals surface area contributed by atoms with Gasteiger partial charge in [-0.3, -0.25) is 14.3 Å². The molecule has 0 spiro atoms. The molecule has 1 atom stereocenters. The second kappa shape index (κ2) is 8.53. The standard InChI is InChI=1S/C22H25ClN4O3/c1-25(2)17-8-6-16(7-9-17)24-21(28)14-26-11-3-4-18(13-26)27-19-12-15(23)5-10-20(19)30-22(27)29/h5-10,12,18H,3-4,11,13-14H2,1-2H3,(H,24,28). The largest absolute Gasteiger partial charge is 0.420 e. The number of anilines is 2. The number of fused-ring (bicyclic) bond motifs is 1. The van der Waals surface area contributed by atoms with Crippen molar-refractivity contribution in [2.24, 2.45) is 0 Å². The molecule has 2 aromatic carbocycles. The summed E-state index contributed by atoms with van der Waals surface area (Å²) in [5.41, 5.74) is 3.07. The van der Waals surface area contributed by atoms with Gasteiger partial charge in [-0.2, -0.15) is 0 Å². The molecule has 3 aromatic rings. The van der Waals surface area contributed by atoms with Crippen molar-refractivity contribution in [2.45, 2.75) is 18.9 Å². The van der Waals surface area contributed by atoms with Gasteiger partial charge in [0.25, 0.3) is 0 Å². The molecule has 0 bridgehead atoms. The van der Waals surface area contributed by atoms with Crippen molar-refractivity contribution in [2.75, 3.05) is 43.9 Å². The van der Waals surface area contributed by atoms with Gasteiger partial charge in [0, 0.05) is 37.0 Å². The smallest absolute Gasteiger partial charge is 0.408 e. The Kier molecular flexibility index (Phi) is 5.83. The third-order valence-electron chi connectivity index (χ3n) is 5.45. The van der Waals surface area contributed by atoms with Gasteiger partial charge in [-0.05, 0) is 61.9 Å². The van der Waals surface area contributed by atoms with Crippen molar-refractivity contribution in [3.63, 3.8) is 0 Å². The molecule has 0 aliphatic carbocycles. The molecular weight excluding hydrogens is 404 g/mol. The Bertz CT molecular complexity index is 1100. The Morgan fingerprint density at radius 3 is 2.73 bits per heavy atom. The van der Waals surface area contributed by atoms with Gasteiger partial charge in [0.05, 0.1) is 18.1 Å². The Morgan fingerprint density at radius 2 is 2.00 bits per heavy atom. The number of rotatable bonds is 5. The maximum Gasteiger partial charge on any atom is 0.420 e. The van der Waals surface area contributed by atoms with Crippen LogP contribution in [0.4, 0.5) is 11.4 Å². The van der Waals surface area contributed by atoms with Crippen molar-refractivity contribution in [1.82, 2.24) is 9.47 Å². The number of carbonyl (C=O) groups excluding carboxylic acids is 1. The Labute approximate surface area is 179 Å². The molecule has 2 heterocycles. The van der Waals surface area contributed by atoms with Crippen LogP contribution in [0.2, 0.25) is 5.02 Å². The number of halogens is 1. The molecule has 1 fully saturated rings. The molecule has 1 aromatic heterocycles. The van der Waals surface area contributed by atoms with Crippen molar-refractivity contribution in [3.8, 4) is 0 Å². The molecule has 1 saturated heterocycles. The molecule has 1 aliphatic heterocycles. The fourth-order valence-electron chi connectivity index (χ4n) is 3.98. The summed E-state index contributed by atoms with van der Waals surface area (Å²) in [5.74, 6) is -0.453. The normalized spacial score (nSPS) is 17.2. The van der Waals surface area contributed by atoms with Crippen LogP contribution in [0, 0.1) is 0 Å². The van der Waals surface area contributed by atoms with Gasteiger partial charge >= 0.3 is 5.76 Å². The van der Waals surface area contributed by atoms with Gasteiger partial charge in [0.1, 0.15) is 0 Å². The molecule has 0 saturated carbocycles. The van der Waals surface area contributed by atoms with E-state index in [1.165, 1.54) is 0 Å². The number of benzene rings is 2. The highest BCUT2D eigenvalue weighted by atomic mass is 35.5.